The molecule has 0 saturated carbocycles. The van der Waals surface area contributed by atoms with Crippen LogP contribution in [-0.4, -0.2) is 49.9 Å². The fourth-order valence-corrected chi connectivity index (χ4v) is 3.68. The number of nitrogens with one attached hydrogen (secondary N) is 1. The Morgan fingerprint density at radius 1 is 1.38 bits per heavy atom. The number of hydrogen-bond donors (Lipinski definition) is 1. The first-order valence-electron chi connectivity index (χ1n) is 7.42. The molecule has 2 bridgehead atoms. The Bertz CT molecular complexity index is 701. The third-order valence-corrected chi connectivity index (χ3v) is 4.94. The molecule has 2 fully saturated rings. The molecule has 3 heterocycles. The van der Waals surface area contributed by atoms with Gasteiger partial charge in [-0.15, -0.1) is 0 Å². The van der Waals surface area contributed by atoms with E-state index in [1.54, 1.807) is 12.3 Å². The first-order chi connectivity index (χ1) is 10.2. The molecule has 2 aliphatic heterocycles. The number of fused-ring (bicyclic) bond motifs is 3. The number of piperidine rings is 1. The molecule has 2 aromatic rings. The summed E-state index contributed by atoms with van der Waals surface area (Å²) in [6.45, 7) is 3.85. The average molecular weight is 280 g/mol. The number of rotatable bonds is 3. The van der Waals surface area contributed by atoms with Crippen molar-refractivity contribution < 1.29 is 9.53 Å². The average Bonchev–Trinajstić information content (AvgIpc) is 3.19. The second kappa shape index (κ2) is 4.63. The van der Waals surface area contributed by atoms with Crippen molar-refractivity contribution in [3.8, 4) is 0 Å². The Hall–Kier alpha value is -1.75. The monoisotopic (exact) mass is 280 g/mol. The van der Waals surface area contributed by atoms with E-state index < -0.39 is 0 Å². The molecule has 2 saturated heterocycles. The molecule has 0 aliphatic carbocycles. The molecule has 0 spiro atoms. The summed E-state index contributed by atoms with van der Waals surface area (Å²) in [5.74, 6) is -0.279. The van der Waals surface area contributed by atoms with Gasteiger partial charge in [0.05, 0.1) is 12.2 Å². The number of aromatic nitrogens is 1. The lowest BCUT2D eigenvalue weighted by Crippen LogP contribution is -2.27. The predicted molar refractivity (Wildman–Crippen MR) is 82.1 cm³/mol. The number of carbonyl (C=O) groups excluding carboxylic acids is 1. The van der Waals surface area contributed by atoms with Crippen molar-refractivity contribution in [3.63, 3.8) is 0 Å². The quantitative estimate of drug-likeness (QED) is 0.679. The Labute approximate surface area is 124 Å². The van der Waals surface area contributed by atoms with E-state index in [1.807, 2.05) is 12.1 Å². The second-order valence-electron chi connectivity index (χ2n) is 6.32. The van der Waals surface area contributed by atoms with E-state index >= 15 is 0 Å². The van der Waals surface area contributed by atoms with Gasteiger partial charge in [0, 0.05) is 29.1 Å². The van der Waals surface area contributed by atoms with Crippen LogP contribution >= 0.6 is 0 Å². The van der Waals surface area contributed by atoms with Crippen molar-refractivity contribution in [2.75, 3.05) is 26.2 Å². The molecule has 0 amide bonds. The number of carbonyl (C=O) groups is 1. The maximum absolute atomic E-state index is 12.4. The lowest BCUT2D eigenvalue weighted by molar-refractivity contribution is 0.0326. The van der Waals surface area contributed by atoms with Crippen LogP contribution in [0.1, 0.15) is 23.2 Å². The van der Waals surface area contributed by atoms with Crippen LogP contribution in [0.4, 0.5) is 0 Å². The van der Waals surface area contributed by atoms with Crippen molar-refractivity contribution in [2.24, 2.45) is 5.41 Å². The van der Waals surface area contributed by atoms with E-state index in [-0.39, 0.29) is 11.4 Å². The number of H-pyrrole nitrogens is 1. The highest BCUT2D eigenvalue weighted by Gasteiger charge is 2.44. The van der Waals surface area contributed by atoms with Crippen LogP contribution in [0.3, 0.4) is 0 Å². The van der Waals surface area contributed by atoms with E-state index in [0.717, 1.165) is 43.4 Å². The van der Waals surface area contributed by atoms with Crippen LogP contribution in [-0.2, 0) is 4.74 Å². The number of aromatic amines is 1. The third-order valence-electron chi connectivity index (χ3n) is 4.94. The van der Waals surface area contributed by atoms with Gasteiger partial charge in [-0.05, 0) is 32.0 Å². The largest absolute Gasteiger partial charge is 0.461 e. The maximum atomic E-state index is 12.4. The molecule has 0 unspecified atom stereocenters. The number of ether oxygens (including phenoxy) is 1. The topological polar surface area (TPSA) is 45.3 Å². The van der Waals surface area contributed by atoms with Gasteiger partial charge in [-0.2, -0.15) is 0 Å². The fraction of sp³-hybridized carbons (Fsp3) is 0.438. The molecular weight excluding hydrogens is 263 g/mol. The molecule has 0 atom stereocenters. The Balaban J connectivity index is 1.54. The van der Waals surface area contributed by atoms with Gasteiger partial charge in [-0.1, -0.05) is 17.6 Å². The highest BCUT2D eigenvalue weighted by atomic mass is 16.5. The van der Waals surface area contributed by atoms with Gasteiger partial charge in [0.1, 0.15) is 7.85 Å². The van der Waals surface area contributed by atoms with E-state index in [1.165, 1.54) is 0 Å². The molecule has 21 heavy (non-hydrogen) atoms. The molecule has 4 nitrogen and oxygen atoms in total. The minimum Gasteiger partial charge on any atom is -0.461 e. The van der Waals surface area contributed by atoms with Crippen molar-refractivity contribution in [2.45, 2.75) is 12.8 Å². The van der Waals surface area contributed by atoms with Crippen LogP contribution in [0.15, 0.2) is 24.4 Å². The molecule has 2 aliphatic rings. The van der Waals surface area contributed by atoms with Gasteiger partial charge in [-0.3, -0.25) is 0 Å². The second-order valence-corrected chi connectivity index (χ2v) is 6.32. The number of esters is 1. The zero-order valence-electron chi connectivity index (χ0n) is 11.9. The minimum atomic E-state index is -0.279. The number of hydrogen-bond acceptors (Lipinski definition) is 3. The standard InChI is InChI=1S/C16H17BN2O2/c17-12-2-1-3-13-14(12)11(8-18-13)15(20)21-10-16-4-6-19(9-16)7-5-16/h1-3,8,18H,4-7,9-10H2. The van der Waals surface area contributed by atoms with Crippen LogP contribution in [0.2, 0.25) is 0 Å². The highest BCUT2D eigenvalue weighted by molar-refractivity contribution is 6.40. The summed E-state index contributed by atoms with van der Waals surface area (Å²) in [7, 11) is 5.98. The van der Waals surface area contributed by atoms with E-state index in [9.17, 15) is 4.79 Å². The molecule has 4 rings (SSSR count). The molecular formula is C16H17BN2O2. The van der Waals surface area contributed by atoms with Gasteiger partial charge in [-0.25, -0.2) is 4.79 Å². The zero-order chi connectivity index (χ0) is 14.4. The Morgan fingerprint density at radius 2 is 2.19 bits per heavy atom. The lowest BCUT2D eigenvalue weighted by Gasteiger charge is -2.24. The van der Waals surface area contributed by atoms with Crippen molar-refractivity contribution >= 4 is 30.2 Å². The molecule has 5 heteroatoms. The molecule has 1 aromatic carbocycles. The summed E-state index contributed by atoms with van der Waals surface area (Å²) in [5.41, 5.74) is 2.19. The maximum Gasteiger partial charge on any atom is 0.340 e. The van der Waals surface area contributed by atoms with Crippen molar-refractivity contribution in [1.29, 1.82) is 0 Å². The Morgan fingerprint density at radius 3 is 2.90 bits per heavy atom. The summed E-state index contributed by atoms with van der Waals surface area (Å²) >= 11 is 0. The predicted octanol–water partition coefficient (Wildman–Crippen LogP) is 1.21. The summed E-state index contributed by atoms with van der Waals surface area (Å²) in [6.07, 6.45) is 3.96. The molecule has 106 valence electrons. The van der Waals surface area contributed by atoms with Crippen LogP contribution in [0.25, 0.3) is 10.9 Å². The van der Waals surface area contributed by atoms with E-state index in [4.69, 9.17) is 12.6 Å². The number of nitrogens with zero attached hydrogens (tertiary/aromatic N) is 1. The van der Waals surface area contributed by atoms with E-state index in [0.29, 0.717) is 17.6 Å². The summed E-state index contributed by atoms with van der Waals surface area (Å²) in [6, 6.07) is 5.58. The first-order valence-corrected chi connectivity index (χ1v) is 7.42. The molecule has 1 aromatic heterocycles. The highest BCUT2D eigenvalue weighted by Crippen LogP contribution is 2.40. The smallest absolute Gasteiger partial charge is 0.340 e. The SMILES string of the molecule is [B]c1cccc2[nH]cc(C(=O)OCC34CCN(CC3)C4)c12. The lowest BCUT2D eigenvalue weighted by atomic mass is 9.86. The van der Waals surface area contributed by atoms with Gasteiger partial charge >= 0.3 is 5.97 Å². The van der Waals surface area contributed by atoms with Gasteiger partial charge in [0.25, 0.3) is 0 Å². The Kier molecular flexibility index (Phi) is 2.86. The van der Waals surface area contributed by atoms with Gasteiger partial charge < -0.3 is 14.6 Å². The number of benzene rings is 1. The van der Waals surface area contributed by atoms with Crippen LogP contribution in [0.5, 0.6) is 0 Å². The zero-order valence-corrected chi connectivity index (χ0v) is 11.9. The molecule has 1 N–H and O–H groups in total. The summed E-state index contributed by atoms with van der Waals surface area (Å²) in [5, 5.41) is 0.763. The van der Waals surface area contributed by atoms with E-state index in [2.05, 4.69) is 9.88 Å². The van der Waals surface area contributed by atoms with Crippen LogP contribution < -0.4 is 5.46 Å². The first kappa shape index (κ1) is 13.0. The van der Waals surface area contributed by atoms with Crippen molar-refractivity contribution in [3.05, 3.63) is 30.0 Å². The molecule has 2 radical (unpaired) electrons. The van der Waals surface area contributed by atoms with Gasteiger partial charge in [0.15, 0.2) is 0 Å². The fourth-order valence-electron chi connectivity index (χ4n) is 3.68. The third kappa shape index (κ3) is 2.07. The van der Waals surface area contributed by atoms with Crippen molar-refractivity contribution in [1.82, 2.24) is 9.88 Å². The summed E-state index contributed by atoms with van der Waals surface area (Å²) in [4.78, 5) is 17.9. The minimum absolute atomic E-state index is 0.188. The van der Waals surface area contributed by atoms with Gasteiger partial charge in [0.2, 0.25) is 0 Å². The summed E-state index contributed by atoms with van der Waals surface area (Å²) < 4.78 is 5.61. The normalized spacial score (nSPS) is 27.3. The van der Waals surface area contributed by atoms with Crippen LogP contribution in [0, 0.1) is 5.41 Å².